The minimum Gasteiger partial charge on any atom is -0.254 e. The van der Waals surface area contributed by atoms with Crippen molar-refractivity contribution in [1.82, 2.24) is 14.0 Å². The van der Waals surface area contributed by atoms with Crippen LogP contribution in [0.25, 0.3) is 0 Å². The molecule has 1 atom stereocenters. The zero-order chi connectivity index (χ0) is 23.1. The number of hydrogen-bond donors (Lipinski definition) is 1. The summed E-state index contributed by atoms with van der Waals surface area (Å²) in [5, 5.41) is 7.07. The number of hydrogen-bond acceptors (Lipinski definition) is 4. The number of aliphatic imine (C=N–C) groups is 1. The van der Waals surface area contributed by atoms with Gasteiger partial charge in [-0.15, -0.1) is 0 Å². The van der Waals surface area contributed by atoms with Crippen LogP contribution in [0, 0.1) is 0 Å². The molecule has 172 valence electrons. The Hall–Kier alpha value is -2.42. The van der Waals surface area contributed by atoms with Gasteiger partial charge in [-0.2, -0.15) is 17.8 Å². The molecule has 0 radical (unpaired) electrons. The summed E-state index contributed by atoms with van der Waals surface area (Å²) in [4.78, 5) is 4.23. The molecule has 0 saturated carbocycles. The second-order valence-corrected chi connectivity index (χ2v) is 9.70. The first-order valence-corrected chi connectivity index (χ1v) is 12.6. The summed E-state index contributed by atoms with van der Waals surface area (Å²) in [7, 11) is -2.18. The van der Waals surface area contributed by atoms with Gasteiger partial charge in [0.2, 0.25) is 5.96 Å². The lowest BCUT2D eigenvalue weighted by molar-refractivity contribution is 0.402. The fourth-order valence-electron chi connectivity index (χ4n) is 3.71. The van der Waals surface area contributed by atoms with Crippen molar-refractivity contribution in [2.75, 3.05) is 26.7 Å². The number of nitrogens with one attached hydrogen (secondary N) is 1. The van der Waals surface area contributed by atoms with E-state index in [1.165, 1.54) is 4.31 Å². The van der Waals surface area contributed by atoms with Crippen LogP contribution in [0.2, 0.25) is 5.02 Å². The number of halogens is 1. The average Bonchev–Trinajstić information content (AvgIpc) is 3.24. The lowest BCUT2D eigenvalue weighted by Gasteiger charge is -2.24. The fourth-order valence-corrected chi connectivity index (χ4v) is 5.23. The summed E-state index contributed by atoms with van der Waals surface area (Å²) in [5.74, 6) is 0.160. The van der Waals surface area contributed by atoms with Crippen LogP contribution < -0.4 is 4.72 Å². The number of benzene rings is 2. The molecule has 1 aliphatic heterocycles. The van der Waals surface area contributed by atoms with Gasteiger partial charge in [0, 0.05) is 31.1 Å². The Kier molecular flexibility index (Phi) is 8.28. The Morgan fingerprint density at radius 1 is 1.12 bits per heavy atom. The number of hydrazone groups is 1. The molecule has 1 aliphatic rings. The van der Waals surface area contributed by atoms with Gasteiger partial charge in [-0.05, 0) is 36.1 Å². The predicted octanol–water partition coefficient (Wildman–Crippen LogP) is 4.09. The van der Waals surface area contributed by atoms with Crippen LogP contribution in [-0.2, 0) is 10.2 Å². The molecule has 0 spiro atoms. The van der Waals surface area contributed by atoms with Gasteiger partial charge in [-0.3, -0.25) is 4.99 Å². The first kappa shape index (κ1) is 24.2. The van der Waals surface area contributed by atoms with E-state index in [-0.39, 0.29) is 11.9 Å². The molecular formula is C23H30ClN5O2S. The van der Waals surface area contributed by atoms with E-state index in [0.29, 0.717) is 24.7 Å². The highest BCUT2D eigenvalue weighted by Crippen LogP contribution is 2.29. The number of rotatable bonds is 8. The van der Waals surface area contributed by atoms with Crippen molar-refractivity contribution in [3.63, 3.8) is 0 Å². The van der Waals surface area contributed by atoms with E-state index in [0.717, 1.165) is 29.7 Å². The van der Waals surface area contributed by atoms with Crippen molar-refractivity contribution in [2.45, 2.75) is 32.6 Å². The Morgan fingerprint density at radius 3 is 2.31 bits per heavy atom. The summed E-state index contributed by atoms with van der Waals surface area (Å²) in [5.41, 5.74) is 2.87. The van der Waals surface area contributed by atoms with Crippen LogP contribution >= 0.6 is 11.6 Å². The zero-order valence-electron chi connectivity index (χ0n) is 18.7. The van der Waals surface area contributed by atoms with Crippen molar-refractivity contribution in [1.29, 1.82) is 0 Å². The minimum absolute atomic E-state index is 0.0407. The highest BCUT2D eigenvalue weighted by molar-refractivity contribution is 7.87. The monoisotopic (exact) mass is 475 g/mol. The summed E-state index contributed by atoms with van der Waals surface area (Å²) in [6, 6.07) is 17.6. The largest absolute Gasteiger partial charge is 0.303 e. The van der Waals surface area contributed by atoms with Gasteiger partial charge in [0.15, 0.2) is 0 Å². The van der Waals surface area contributed by atoms with Gasteiger partial charge < -0.3 is 0 Å². The highest BCUT2D eigenvalue weighted by Gasteiger charge is 2.33. The Bertz CT molecular complexity index is 1050. The summed E-state index contributed by atoms with van der Waals surface area (Å²) >= 11 is 6.08. The molecule has 2 aromatic carbocycles. The molecule has 2 aromatic rings. The van der Waals surface area contributed by atoms with E-state index in [2.05, 4.69) is 21.8 Å². The normalized spacial score (nSPS) is 17.0. The molecule has 3 rings (SSSR count). The second kappa shape index (κ2) is 10.9. The molecule has 0 bridgehead atoms. The molecule has 1 heterocycles. The van der Waals surface area contributed by atoms with Gasteiger partial charge in [0.1, 0.15) is 0 Å². The predicted molar refractivity (Wildman–Crippen MR) is 131 cm³/mol. The molecule has 32 heavy (non-hydrogen) atoms. The summed E-state index contributed by atoms with van der Waals surface area (Å²) in [6.07, 6.45) is 1.47. The third kappa shape index (κ3) is 5.68. The standard InChI is InChI=1S/C23H30ClN5O2S/c1-4-15-28(16-5-2)32(30,31)27-23(25-3)29-17-21(18-9-7-6-8-10-18)22(26-29)19-11-13-20(24)14-12-19/h6-14,21H,4-5,15-17H2,1-3H3,(H,25,27). The Balaban J connectivity index is 1.92. The lowest BCUT2D eigenvalue weighted by atomic mass is 9.91. The third-order valence-electron chi connectivity index (χ3n) is 5.22. The van der Waals surface area contributed by atoms with Crippen LogP contribution in [-0.4, -0.2) is 56.1 Å². The maximum atomic E-state index is 13.0. The van der Waals surface area contributed by atoms with Gasteiger partial charge in [0.25, 0.3) is 0 Å². The topological polar surface area (TPSA) is 77.4 Å². The minimum atomic E-state index is -3.74. The van der Waals surface area contributed by atoms with Crippen molar-refractivity contribution in [2.24, 2.45) is 10.1 Å². The Labute approximate surface area is 196 Å². The van der Waals surface area contributed by atoms with Crippen molar-refractivity contribution in [3.05, 3.63) is 70.7 Å². The summed E-state index contributed by atoms with van der Waals surface area (Å²) < 4.78 is 30.1. The molecule has 9 heteroatoms. The lowest BCUT2D eigenvalue weighted by Crippen LogP contribution is -2.48. The van der Waals surface area contributed by atoms with Gasteiger partial charge in [-0.25, -0.2) is 9.73 Å². The van der Waals surface area contributed by atoms with Gasteiger partial charge in [-0.1, -0.05) is 67.9 Å². The van der Waals surface area contributed by atoms with Crippen LogP contribution in [0.5, 0.6) is 0 Å². The van der Waals surface area contributed by atoms with Crippen molar-refractivity contribution in [3.8, 4) is 0 Å². The average molecular weight is 476 g/mol. The van der Waals surface area contributed by atoms with E-state index >= 15 is 0 Å². The Morgan fingerprint density at radius 2 is 1.75 bits per heavy atom. The van der Waals surface area contributed by atoms with Crippen LogP contribution in [0.1, 0.15) is 43.7 Å². The zero-order valence-corrected chi connectivity index (χ0v) is 20.3. The molecule has 1 unspecified atom stereocenters. The first-order valence-electron chi connectivity index (χ1n) is 10.8. The smallest absolute Gasteiger partial charge is 0.254 e. The molecule has 0 amide bonds. The highest BCUT2D eigenvalue weighted by atomic mass is 35.5. The molecule has 1 N–H and O–H groups in total. The first-order chi connectivity index (χ1) is 15.4. The molecule has 0 aliphatic carbocycles. The van der Waals surface area contributed by atoms with Gasteiger partial charge >= 0.3 is 10.2 Å². The molecule has 0 aromatic heterocycles. The maximum absolute atomic E-state index is 13.0. The molecule has 0 fully saturated rings. The van der Waals surface area contributed by atoms with E-state index in [1.807, 2.05) is 56.3 Å². The summed E-state index contributed by atoms with van der Waals surface area (Å²) in [6.45, 7) is 5.29. The van der Waals surface area contributed by atoms with Crippen molar-refractivity contribution < 1.29 is 8.42 Å². The van der Waals surface area contributed by atoms with Crippen LogP contribution in [0.4, 0.5) is 0 Å². The SMILES string of the molecule is CCCN(CCC)S(=O)(=O)NC(=NC)N1CC(c2ccccc2)C(c2ccc(Cl)cc2)=N1. The number of guanidine groups is 1. The van der Waals surface area contributed by atoms with Crippen LogP contribution in [0.15, 0.2) is 64.7 Å². The maximum Gasteiger partial charge on any atom is 0.303 e. The molecule has 7 nitrogen and oxygen atoms in total. The fraction of sp³-hybridized carbons (Fsp3) is 0.391. The third-order valence-corrected chi connectivity index (χ3v) is 6.96. The van der Waals surface area contributed by atoms with E-state index in [4.69, 9.17) is 16.7 Å². The van der Waals surface area contributed by atoms with E-state index in [1.54, 1.807) is 12.1 Å². The van der Waals surface area contributed by atoms with Gasteiger partial charge in [0.05, 0.1) is 12.3 Å². The molecule has 0 saturated heterocycles. The number of nitrogens with zero attached hydrogens (tertiary/aromatic N) is 4. The second-order valence-electron chi connectivity index (χ2n) is 7.59. The van der Waals surface area contributed by atoms with E-state index in [9.17, 15) is 8.42 Å². The van der Waals surface area contributed by atoms with E-state index < -0.39 is 10.2 Å². The molecular weight excluding hydrogens is 446 g/mol. The van der Waals surface area contributed by atoms with Crippen LogP contribution in [0.3, 0.4) is 0 Å². The quantitative estimate of drug-likeness (QED) is 0.461. The van der Waals surface area contributed by atoms with Crippen molar-refractivity contribution >= 4 is 33.5 Å².